The summed E-state index contributed by atoms with van der Waals surface area (Å²) in [5.74, 6) is 0. The molecule has 0 aromatic carbocycles. The van der Waals surface area contributed by atoms with Gasteiger partial charge >= 0.3 is 7.12 Å². The van der Waals surface area contributed by atoms with Crippen molar-refractivity contribution in [1.29, 1.82) is 0 Å². The van der Waals surface area contributed by atoms with Crippen molar-refractivity contribution in [3.05, 3.63) is 12.5 Å². The minimum atomic E-state index is -0.488. The summed E-state index contributed by atoms with van der Waals surface area (Å²) in [6, 6.07) is 0. The summed E-state index contributed by atoms with van der Waals surface area (Å²) in [6.45, 7) is 8.03. The number of nitrogens with zero attached hydrogens (tertiary/aromatic N) is 3. The summed E-state index contributed by atoms with van der Waals surface area (Å²) >= 11 is 0.999. The van der Waals surface area contributed by atoms with Gasteiger partial charge in [-0.05, 0) is 27.7 Å². The van der Waals surface area contributed by atoms with Crippen molar-refractivity contribution in [1.82, 2.24) is 14.0 Å². The Morgan fingerprint density at radius 3 is 2.40 bits per heavy atom. The van der Waals surface area contributed by atoms with Gasteiger partial charge in [0.2, 0.25) is 0 Å². The highest BCUT2D eigenvalue weighted by atomic mass is 32.2. The van der Waals surface area contributed by atoms with Crippen molar-refractivity contribution < 1.29 is 18.6 Å². The molecule has 1 saturated heterocycles. The van der Waals surface area contributed by atoms with Crippen LogP contribution >= 0.6 is 12.2 Å². The summed E-state index contributed by atoms with van der Waals surface area (Å²) in [6.07, 6.45) is 3.30. The molecule has 1 aromatic rings. The number of rotatable bonds is 5. The molecule has 0 radical (unpaired) electrons. The Morgan fingerprint density at radius 2 is 1.85 bits per heavy atom. The maximum atomic E-state index is 5.97. The van der Waals surface area contributed by atoms with E-state index in [9.17, 15) is 0 Å². The fourth-order valence-electron chi connectivity index (χ4n) is 1.59. The Balaban J connectivity index is 2.06. The molecule has 7 nitrogen and oxygen atoms in total. The van der Waals surface area contributed by atoms with Gasteiger partial charge in [0.1, 0.15) is 6.33 Å². The predicted molar refractivity (Wildman–Crippen MR) is 76.8 cm³/mol. The van der Waals surface area contributed by atoms with E-state index in [1.54, 1.807) is 30.6 Å². The Hall–Kier alpha value is -0.575. The molecule has 0 saturated carbocycles. The third-order valence-electron chi connectivity index (χ3n) is 3.42. The molecule has 0 amide bonds. The van der Waals surface area contributed by atoms with Gasteiger partial charge in [-0.25, -0.2) is 4.98 Å². The van der Waals surface area contributed by atoms with Crippen LogP contribution in [0, 0.1) is 0 Å². The zero-order valence-electron chi connectivity index (χ0n) is 12.6. The van der Waals surface area contributed by atoms with Crippen LogP contribution in [0.25, 0.3) is 0 Å². The van der Waals surface area contributed by atoms with Gasteiger partial charge in [0, 0.05) is 20.3 Å². The minimum Gasteiger partial charge on any atom is -0.398 e. The Bertz CT molecular complexity index is 450. The molecule has 0 N–H and O–H groups in total. The van der Waals surface area contributed by atoms with Gasteiger partial charge in [0.05, 0.1) is 16.8 Å². The first kappa shape index (κ1) is 15.8. The van der Waals surface area contributed by atoms with Crippen LogP contribution in [0.1, 0.15) is 27.7 Å². The van der Waals surface area contributed by atoms with Crippen molar-refractivity contribution >= 4 is 24.9 Å². The second-order valence-electron chi connectivity index (χ2n) is 5.76. The Labute approximate surface area is 123 Å². The average molecular weight is 301 g/mol. The van der Waals surface area contributed by atoms with E-state index in [0.29, 0.717) is 0 Å². The topological polar surface area (TPSA) is 58.0 Å². The molecule has 2 rings (SSSR count). The first-order chi connectivity index (χ1) is 9.23. The first-order valence-corrected chi connectivity index (χ1v) is 7.00. The van der Waals surface area contributed by atoms with Gasteiger partial charge in [0.15, 0.2) is 12.2 Å². The van der Waals surface area contributed by atoms with E-state index in [0.717, 1.165) is 17.8 Å². The maximum Gasteiger partial charge on any atom is 0.515 e. The average Bonchev–Trinajstić information content (AvgIpc) is 2.82. The second kappa shape index (κ2) is 5.66. The van der Waals surface area contributed by atoms with Crippen molar-refractivity contribution in [3.8, 4) is 0 Å². The Morgan fingerprint density at radius 1 is 1.25 bits per heavy atom. The minimum absolute atomic E-state index is 0.390. The lowest BCUT2D eigenvalue weighted by Gasteiger charge is -2.32. The van der Waals surface area contributed by atoms with Crippen LogP contribution in [0.4, 0.5) is 0 Å². The molecular weight excluding hydrogens is 281 g/mol. The second-order valence-corrected chi connectivity index (χ2v) is 6.44. The molecule has 1 aliphatic rings. The largest absolute Gasteiger partial charge is 0.515 e. The van der Waals surface area contributed by atoms with Gasteiger partial charge in [-0.15, -0.1) is 9.32 Å². The highest BCUT2D eigenvalue weighted by Gasteiger charge is 2.52. The summed E-state index contributed by atoms with van der Waals surface area (Å²) in [5, 5.41) is 1.44. The lowest BCUT2D eigenvalue weighted by atomic mass is 9.86. The lowest BCUT2D eigenvalue weighted by Crippen LogP contribution is -2.41. The number of imidazole rings is 1. The van der Waals surface area contributed by atoms with E-state index < -0.39 is 18.3 Å². The van der Waals surface area contributed by atoms with Gasteiger partial charge in [-0.3, -0.25) is 3.97 Å². The summed E-state index contributed by atoms with van der Waals surface area (Å²) < 4.78 is 18.6. The number of hydrogen-bond donors (Lipinski definition) is 0. The van der Waals surface area contributed by atoms with E-state index >= 15 is 0 Å². The van der Waals surface area contributed by atoms with E-state index in [-0.39, 0.29) is 0 Å². The van der Waals surface area contributed by atoms with Crippen LogP contribution in [-0.4, -0.2) is 46.4 Å². The molecule has 0 spiro atoms. The molecule has 0 bridgehead atoms. The van der Waals surface area contributed by atoms with Gasteiger partial charge < -0.3 is 9.31 Å². The maximum absolute atomic E-state index is 5.97. The highest BCUT2D eigenvalue weighted by Crippen LogP contribution is 2.36. The Kier molecular flexibility index (Phi) is 4.48. The van der Waals surface area contributed by atoms with Crippen molar-refractivity contribution in [2.45, 2.75) is 38.9 Å². The van der Waals surface area contributed by atoms with Crippen LogP contribution in [0.2, 0.25) is 0 Å². The standard InChI is InChI=1S/C11H20BN3O4S/c1-10(2)11(3,4)17-12(16-10)9-7-13-8-15(9)20-19-18-14(5)6/h7-8H,1-6H3. The molecule has 20 heavy (non-hydrogen) atoms. The zero-order valence-corrected chi connectivity index (χ0v) is 13.4. The van der Waals surface area contributed by atoms with Crippen LogP contribution in [0.15, 0.2) is 12.5 Å². The van der Waals surface area contributed by atoms with E-state index in [1.165, 1.54) is 5.06 Å². The van der Waals surface area contributed by atoms with Crippen LogP contribution in [0.5, 0.6) is 0 Å². The van der Waals surface area contributed by atoms with E-state index in [2.05, 4.69) is 4.98 Å². The first-order valence-electron chi connectivity index (χ1n) is 6.30. The summed E-state index contributed by atoms with van der Waals surface area (Å²) in [5.41, 5.74) is -0.0207. The fourth-order valence-corrected chi connectivity index (χ4v) is 2.12. The van der Waals surface area contributed by atoms with Gasteiger partial charge in [-0.2, -0.15) is 5.06 Å². The normalized spacial score (nSPS) is 20.9. The third kappa shape index (κ3) is 3.18. The molecule has 112 valence electrons. The van der Waals surface area contributed by atoms with Gasteiger partial charge in [0.25, 0.3) is 0 Å². The fraction of sp³-hybridized carbons (Fsp3) is 0.727. The summed E-state index contributed by atoms with van der Waals surface area (Å²) in [4.78, 5) is 8.97. The molecule has 0 aliphatic carbocycles. The number of aromatic nitrogens is 2. The van der Waals surface area contributed by atoms with Crippen LogP contribution in [-0.2, 0) is 18.6 Å². The third-order valence-corrected chi connectivity index (χ3v) is 4.01. The molecule has 2 heterocycles. The van der Waals surface area contributed by atoms with E-state index in [4.69, 9.17) is 18.6 Å². The monoisotopic (exact) mass is 301 g/mol. The molecular formula is C11H20BN3O4S. The van der Waals surface area contributed by atoms with Crippen LogP contribution in [0.3, 0.4) is 0 Å². The van der Waals surface area contributed by atoms with Crippen molar-refractivity contribution in [2.24, 2.45) is 0 Å². The molecule has 1 aromatic heterocycles. The predicted octanol–water partition coefficient (Wildman–Crippen LogP) is 1.02. The van der Waals surface area contributed by atoms with Gasteiger partial charge in [-0.1, -0.05) is 0 Å². The van der Waals surface area contributed by atoms with Crippen molar-refractivity contribution in [2.75, 3.05) is 14.1 Å². The smallest absolute Gasteiger partial charge is 0.398 e. The van der Waals surface area contributed by atoms with Crippen LogP contribution < -0.4 is 5.59 Å². The SMILES string of the molecule is CN(C)OOSn1cncc1B1OC(C)(C)C(C)(C)O1. The summed E-state index contributed by atoms with van der Waals surface area (Å²) in [7, 11) is 2.96. The quantitative estimate of drug-likeness (QED) is 0.348. The zero-order chi connectivity index (χ0) is 15.0. The highest BCUT2D eigenvalue weighted by molar-refractivity contribution is 7.93. The molecule has 9 heteroatoms. The van der Waals surface area contributed by atoms with Crippen molar-refractivity contribution in [3.63, 3.8) is 0 Å². The molecule has 0 unspecified atom stereocenters. The number of hydroxylamine groups is 2. The molecule has 0 atom stereocenters. The van der Waals surface area contributed by atoms with E-state index in [1.807, 2.05) is 27.7 Å². The number of hydrogen-bond acceptors (Lipinski definition) is 7. The molecule has 1 fully saturated rings. The molecule has 1 aliphatic heterocycles. The lowest BCUT2D eigenvalue weighted by molar-refractivity contribution is -0.340.